The number of likely N-dealkylation sites (N-methyl/N-ethyl adjacent to an activating group) is 1. The number of aliphatic imine (C=N–C) groups is 1. The number of carbonyl (C=O) groups is 1. The van der Waals surface area contributed by atoms with Gasteiger partial charge in [0.15, 0.2) is 11.5 Å². The summed E-state index contributed by atoms with van der Waals surface area (Å²) in [6.45, 7) is 3.97. The number of guanidine groups is 1. The van der Waals surface area contributed by atoms with Crippen molar-refractivity contribution in [2.45, 2.75) is 38.1 Å². The van der Waals surface area contributed by atoms with Crippen molar-refractivity contribution in [1.29, 1.82) is 0 Å². The van der Waals surface area contributed by atoms with Crippen molar-refractivity contribution < 1.29 is 4.79 Å². The van der Waals surface area contributed by atoms with Crippen LogP contribution < -0.4 is 5.73 Å². The van der Waals surface area contributed by atoms with Gasteiger partial charge in [-0.3, -0.25) is 9.69 Å². The number of benzene rings is 2. The van der Waals surface area contributed by atoms with Gasteiger partial charge in [-0.15, -0.1) is 0 Å². The Bertz CT molecular complexity index is 898. The van der Waals surface area contributed by atoms with Gasteiger partial charge in [-0.25, -0.2) is 4.99 Å². The van der Waals surface area contributed by atoms with Crippen LogP contribution in [0.5, 0.6) is 0 Å². The minimum Gasteiger partial charge on any atom is -0.369 e. The Balaban J connectivity index is 1.77. The first-order valence-corrected chi connectivity index (χ1v) is 8.74. The van der Waals surface area contributed by atoms with Crippen LogP contribution in [-0.2, 0) is 10.3 Å². The first-order valence-electron chi connectivity index (χ1n) is 8.74. The van der Waals surface area contributed by atoms with Crippen LogP contribution >= 0.6 is 0 Å². The molecule has 4 nitrogen and oxygen atoms in total. The van der Waals surface area contributed by atoms with Crippen LogP contribution in [0, 0.1) is 6.92 Å². The van der Waals surface area contributed by atoms with E-state index >= 15 is 0 Å². The summed E-state index contributed by atoms with van der Waals surface area (Å²) in [6.07, 6.45) is 2.58. The SMILES string of the molecule is Cc1cc(-c2cccc([C@@]3(C)N=C(N)N(C)C3=O)c2)cc(C2CC2)c1. The van der Waals surface area contributed by atoms with Gasteiger partial charge in [0.2, 0.25) is 0 Å². The van der Waals surface area contributed by atoms with Crippen LogP contribution in [0.4, 0.5) is 0 Å². The van der Waals surface area contributed by atoms with Gasteiger partial charge in [-0.1, -0.05) is 42.0 Å². The Morgan fingerprint density at radius 2 is 1.92 bits per heavy atom. The van der Waals surface area contributed by atoms with E-state index in [-0.39, 0.29) is 11.9 Å². The number of amides is 1. The monoisotopic (exact) mass is 333 g/mol. The Morgan fingerprint density at radius 3 is 2.56 bits per heavy atom. The summed E-state index contributed by atoms with van der Waals surface area (Å²) >= 11 is 0. The molecule has 1 aliphatic carbocycles. The summed E-state index contributed by atoms with van der Waals surface area (Å²) in [5, 5.41) is 0. The molecule has 25 heavy (non-hydrogen) atoms. The Kier molecular flexibility index (Phi) is 3.46. The van der Waals surface area contributed by atoms with E-state index < -0.39 is 5.54 Å². The van der Waals surface area contributed by atoms with Crippen molar-refractivity contribution in [2.24, 2.45) is 10.7 Å². The minimum absolute atomic E-state index is 0.0925. The summed E-state index contributed by atoms with van der Waals surface area (Å²) in [7, 11) is 1.67. The van der Waals surface area contributed by atoms with Crippen molar-refractivity contribution in [3.63, 3.8) is 0 Å². The van der Waals surface area contributed by atoms with Gasteiger partial charge in [0.1, 0.15) is 0 Å². The van der Waals surface area contributed by atoms with Gasteiger partial charge in [0.25, 0.3) is 5.91 Å². The number of nitrogens with two attached hydrogens (primary N) is 1. The predicted molar refractivity (Wildman–Crippen MR) is 100 cm³/mol. The number of carbonyl (C=O) groups excluding carboxylic acids is 1. The molecule has 4 rings (SSSR count). The van der Waals surface area contributed by atoms with Gasteiger partial charge in [0.05, 0.1) is 0 Å². The molecule has 1 fully saturated rings. The first-order chi connectivity index (χ1) is 11.9. The van der Waals surface area contributed by atoms with Crippen molar-refractivity contribution in [1.82, 2.24) is 4.90 Å². The standard InChI is InChI=1S/C21H23N3O/c1-13-9-16(14-7-8-14)11-17(10-13)15-5-4-6-18(12-15)21(2)19(25)24(3)20(22)23-21/h4-6,9-12,14H,7-8H2,1-3H3,(H2,22,23)/t21-/m1/s1. The highest BCUT2D eigenvalue weighted by molar-refractivity contribution is 6.06. The van der Waals surface area contributed by atoms with Gasteiger partial charge < -0.3 is 5.73 Å². The molecule has 0 spiro atoms. The molecule has 1 saturated carbocycles. The highest BCUT2D eigenvalue weighted by Crippen LogP contribution is 2.42. The molecule has 2 aliphatic rings. The fourth-order valence-electron chi connectivity index (χ4n) is 3.60. The fourth-order valence-corrected chi connectivity index (χ4v) is 3.60. The van der Waals surface area contributed by atoms with E-state index in [2.05, 4.69) is 42.2 Å². The maximum Gasteiger partial charge on any atom is 0.261 e. The third-order valence-electron chi connectivity index (χ3n) is 5.31. The predicted octanol–water partition coefficient (Wildman–Crippen LogP) is 3.54. The molecule has 1 heterocycles. The van der Waals surface area contributed by atoms with Gasteiger partial charge in [-0.05, 0) is 60.9 Å². The zero-order chi connectivity index (χ0) is 17.8. The van der Waals surface area contributed by atoms with E-state index in [9.17, 15) is 4.79 Å². The summed E-state index contributed by atoms with van der Waals surface area (Å²) in [5.74, 6) is 0.892. The first kappa shape index (κ1) is 15.9. The molecule has 0 radical (unpaired) electrons. The van der Waals surface area contributed by atoms with E-state index in [0.29, 0.717) is 5.92 Å². The van der Waals surface area contributed by atoms with E-state index in [1.54, 1.807) is 7.05 Å². The smallest absolute Gasteiger partial charge is 0.261 e. The van der Waals surface area contributed by atoms with E-state index in [1.165, 1.54) is 34.4 Å². The molecular weight excluding hydrogens is 310 g/mol. The Hall–Kier alpha value is -2.62. The third-order valence-corrected chi connectivity index (χ3v) is 5.31. The van der Waals surface area contributed by atoms with Gasteiger partial charge >= 0.3 is 0 Å². The third kappa shape index (κ3) is 2.62. The zero-order valence-corrected chi connectivity index (χ0v) is 14.9. The summed E-state index contributed by atoms with van der Waals surface area (Å²) in [6, 6.07) is 14.9. The molecule has 0 unspecified atom stereocenters. The van der Waals surface area contributed by atoms with E-state index in [0.717, 1.165) is 11.1 Å². The number of aryl methyl sites for hydroxylation is 1. The van der Waals surface area contributed by atoms with Crippen LogP contribution in [0.15, 0.2) is 47.5 Å². The number of hydrogen-bond acceptors (Lipinski definition) is 3. The summed E-state index contributed by atoms with van der Waals surface area (Å²) < 4.78 is 0. The minimum atomic E-state index is -0.946. The molecule has 1 atom stereocenters. The lowest BCUT2D eigenvalue weighted by Gasteiger charge is -2.21. The normalized spacial score (nSPS) is 23.1. The highest BCUT2D eigenvalue weighted by atomic mass is 16.2. The van der Waals surface area contributed by atoms with Gasteiger partial charge in [-0.2, -0.15) is 0 Å². The molecular formula is C21H23N3O. The summed E-state index contributed by atoms with van der Waals surface area (Å²) in [4.78, 5) is 18.5. The molecule has 128 valence electrons. The second-order valence-electron chi connectivity index (χ2n) is 7.39. The van der Waals surface area contributed by atoms with Crippen LogP contribution in [-0.4, -0.2) is 23.8 Å². The summed E-state index contributed by atoms with van der Waals surface area (Å²) in [5.41, 5.74) is 10.8. The number of nitrogens with zero attached hydrogens (tertiary/aromatic N) is 2. The average Bonchev–Trinajstić information content (AvgIpc) is 3.42. The molecule has 2 N–H and O–H groups in total. The van der Waals surface area contributed by atoms with Crippen molar-refractivity contribution in [3.05, 3.63) is 59.2 Å². The van der Waals surface area contributed by atoms with Crippen LogP contribution in [0.3, 0.4) is 0 Å². The molecule has 1 amide bonds. The molecule has 0 aromatic heterocycles. The molecule has 2 aromatic carbocycles. The van der Waals surface area contributed by atoms with Crippen molar-refractivity contribution in [2.75, 3.05) is 7.05 Å². The van der Waals surface area contributed by atoms with E-state index in [1.807, 2.05) is 19.1 Å². The van der Waals surface area contributed by atoms with E-state index in [4.69, 9.17) is 5.73 Å². The van der Waals surface area contributed by atoms with Crippen molar-refractivity contribution >= 4 is 11.9 Å². The second kappa shape index (κ2) is 5.45. The second-order valence-corrected chi connectivity index (χ2v) is 7.39. The molecule has 4 heteroatoms. The maximum absolute atomic E-state index is 12.6. The largest absolute Gasteiger partial charge is 0.369 e. The lowest BCUT2D eigenvalue weighted by atomic mass is 9.89. The Labute approximate surface area is 148 Å². The van der Waals surface area contributed by atoms with Gasteiger partial charge in [0, 0.05) is 7.05 Å². The number of hydrogen-bond donors (Lipinski definition) is 1. The highest BCUT2D eigenvalue weighted by Gasteiger charge is 2.43. The average molecular weight is 333 g/mol. The molecule has 2 aromatic rings. The molecule has 0 saturated heterocycles. The Morgan fingerprint density at radius 1 is 1.16 bits per heavy atom. The fraction of sp³-hybridized carbons (Fsp3) is 0.333. The quantitative estimate of drug-likeness (QED) is 0.934. The molecule has 0 bridgehead atoms. The topological polar surface area (TPSA) is 58.7 Å². The number of rotatable bonds is 3. The zero-order valence-electron chi connectivity index (χ0n) is 14.9. The van der Waals surface area contributed by atoms with Crippen molar-refractivity contribution in [3.8, 4) is 11.1 Å². The lowest BCUT2D eigenvalue weighted by Crippen LogP contribution is -2.38. The van der Waals surface area contributed by atoms with Crippen LogP contribution in [0.2, 0.25) is 0 Å². The van der Waals surface area contributed by atoms with Crippen LogP contribution in [0.25, 0.3) is 11.1 Å². The van der Waals surface area contributed by atoms with Crippen LogP contribution in [0.1, 0.15) is 42.4 Å². The maximum atomic E-state index is 12.6. The lowest BCUT2D eigenvalue weighted by molar-refractivity contribution is -0.130. The molecule has 1 aliphatic heterocycles.